The first-order chi connectivity index (χ1) is 7.34. The van der Waals surface area contributed by atoms with Crippen LogP contribution < -0.4 is 0 Å². The molecule has 2 fully saturated rings. The summed E-state index contributed by atoms with van der Waals surface area (Å²) in [5.41, 5.74) is -0.355. The summed E-state index contributed by atoms with van der Waals surface area (Å²) < 4.78 is 0. The highest BCUT2D eigenvalue weighted by atomic mass is 16.3. The molecule has 2 aliphatic rings. The molecule has 0 aromatic rings. The van der Waals surface area contributed by atoms with Crippen LogP contribution in [-0.4, -0.2) is 34.0 Å². The van der Waals surface area contributed by atoms with Crippen LogP contribution in [0.1, 0.15) is 40.0 Å². The van der Waals surface area contributed by atoms with Crippen LogP contribution in [0.3, 0.4) is 0 Å². The van der Waals surface area contributed by atoms with E-state index in [1.165, 1.54) is 4.90 Å². The molecule has 2 atom stereocenters. The van der Waals surface area contributed by atoms with Gasteiger partial charge in [-0.15, -0.1) is 0 Å². The fraction of sp³-hybridized carbons (Fsp3) is 0.833. The fourth-order valence-corrected chi connectivity index (χ4v) is 2.67. The maximum absolute atomic E-state index is 11.9. The first-order valence-electron chi connectivity index (χ1n) is 5.87. The van der Waals surface area contributed by atoms with E-state index in [9.17, 15) is 14.7 Å². The molecule has 1 N–H and O–H groups in total. The first kappa shape index (κ1) is 11.6. The van der Waals surface area contributed by atoms with Gasteiger partial charge >= 0.3 is 0 Å². The molecule has 0 bridgehead atoms. The molecule has 4 nitrogen and oxygen atoms in total. The quantitative estimate of drug-likeness (QED) is 0.675. The lowest BCUT2D eigenvalue weighted by Crippen LogP contribution is -2.65. The normalized spacial score (nSPS) is 35.1. The van der Waals surface area contributed by atoms with Gasteiger partial charge in [0.15, 0.2) is 0 Å². The van der Waals surface area contributed by atoms with Crippen molar-refractivity contribution in [1.29, 1.82) is 0 Å². The van der Waals surface area contributed by atoms with Crippen LogP contribution in [-0.2, 0) is 9.59 Å². The third kappa shape index (κ3) is 1.56. The second-order valence-electron chi connectivity index (χ2n) is 5.76. The van der Waals surface area contributed by atoms with E-state index in [-0.39, 0.29) is 29.2 Å². The van der Waals surface area contributed by atoms with Crippen molar-refractivity contribution in [2.24, 2.45) is 11.3 Å². The molecule has 0 aromatic carbocycles. The van der Waals surface area contributed by atoms with Crippen molar-refractivity contribution in [3.05, 3.63) is 0 Å². The molecule has 1 aliphatic carbocycles. The number of imide groups is 1. The number of hydrogen-bond donors (Lipinski definition) is 1. The third-order valence-corrected chi connectivity index (χ3v) is 4.06. The van der Waals surface area contributed by atoms with Crippen molar-refractivity contribution in [2.45, 2.75) is 52.2 Å². The van der Waals surface area contributed by atoms with E-state index in [1.54, 1.807) is 0 Å². The van der Waals surface area contributed by atoms with E-state index in [0.717, 1.165) is 0 Å². The molecule has 2 amide bonds. The Balaban J connectivity index is 2.16. The molecular formula is C12H19NO3. The molecule has 1 heterocycles. The van der Waals surface area contributed by atoms with E-state index in [4.69, 9.17) is 0 Å². The first-order valence-corrected chi connectivity index (χ1v) is 5.87. The molecule has 4 heteroatoms. The minimum Gasteiger partial charge on any atom is -0.392 e. The van der Waals surface area contributed by atoms with Gasteiger partial charge < -0.3 is 5.11 Å². The van der Waals surface area contributed by atoms with Crippen molar-refractivity contribution in [1.82, 2.24) is 4.90 Å². The molecule has 1 saturated carbocycles. The molecule has 2 unspecified atom stereocenters. The molecule has 0 spiro atoms. The highest BCUT2D eigenvalue weighted by Crippen LogP contribution is 2.45. The van der Waals surface area contributed by atoms with E-state index in [0.29, 0.717) is 19.3 Å². The van der Waals surface area contributed by atoms with Crippen molar-refractivity contribution in [3.8, 4) is 0 Å². The molecule has 1 aliphatic heterocycles. The molecule has 0 aromatic heterocycles. The summed E-state index contributed by atoms with van der Waals surface area (Å²) in [6.45, 7) is 5.74. The number of carbonyl (C=O) groups excluding carboxylic acids is 2. The SMILES string of the molecule is CC1CC(=O)N(C2CC(O)C2(C)C)C(=O)C1. The number of aliphatic hydroxyl groups excluding tert-OH is 1. The molecule has 0 radical (unpaired) electrons. The van der Waals surface area contributed by atoms with Crippen LogP contribution in [0.25, 0.3) is 0 Å². The van der Waals surface area contributed by atoms with Gasteiger partial charge in [0.05, 0.1) is 6.10 Å². The van der Waals surface area contributed by atoms with Gasteiger partial charge in [-0.2, -0.15) is 0 Å². The lowest BCUT2D eigenvalue weighted by molar-refractivity contribution is -0.172. The van der Waals surface area contributed by atoms with Crippen LogP contribution in [0.15, 0.2) is 0 Å². The number of nitrogens with zero attached hydrogens (tertiary/aromatic N) is 1. The number of hydrogen-bond acceptors (Lipinski definition) is 3. The predicted octanol–water partition coefficient (Wildman–Crippen LogP) is 0.931. The molecule has 16 heavy (non-hydrogen) atoms. The summed E-state index contributed by atoms with van der Waals surface area (Å²) in [6, 6.07) is -0.116. The zero-order valence-corrected chi connectivity index (χ0v) is 10.1. The van der Waals surface area contributed by atoms with E-state index < -0.39 is 6.10 Å². The number of likely N-dealkylation sites (tertiary alicyclic amines) is 1. The summed E-state index contributed by atoms with van der Waals surface area (Å²) in [6.07, 6.45) is 1.03. The third-order valence-electron chi connectivity index (χ3n) is 4.06. The summed E-state index contributed by atoms with van der Waals surface area (Å²) >= 11 is 0. The van der Waals surface area contributed by atoms with Crippen molar-refractivity contribution >= 4 is 11.8 Å². The van der Waals surface area contributed by atoms with Gasteiger partial charge in [-0.3, -0.25) is 14.5 Å². The van der Waals surface area contributed by atoms with Crippen LogP contribution in [0.4, 0.5) is 0 Å². The maximum atomic E-state index is 11.9. The number of carbonyl (C=O) groups is 2. The average molecular weight is 225 g/mol. The van der Waals surface area contributed by atoms with Gasteiger partial charge in [-0.25, -0.2) is 0 Å². The van der Waals surface area contributed by atoms with Gasteiger partial charge in [0.2, 0.25) is 11.8 Å². The summed E-state index contributed by atoms with van der Waals surface area (Å²) in [5.74, 6) is 0.00631. The van der Waals surface area contributed by atoms with E-state index in [2.05, 4.69) is 0 Å². The lowest BCUT2D eigenvalue weighted by Gasteiger charge is -2.54. The Morgan fingerprint density at radius 2 is 1.75 bits per heavy atom. The molecular weight excluding hydrogens is 206 g/mol. The summed E-state index contributed by atoms with van der Waals surface area (Å²) in [7, 11) is 0. The number of amides is 2. The van der Waals surface area contributed by atoms with Gasteiger partial charge in [0.25, 0.3) is 0 Å². The smallest absolute Gasteiger partial charge is 0.229 e. The zero-order valence-electron chi connectivity index (χ0n) is 10.1. The van der Waals surface area contributed by atoms with Crippen LogP contribution >= 0.6 is 0 Å². The Hall–Kier alpha value is -0.900. The fourth-order valence-electron chi connectivity index (χ4n) is 2.67. The second-order valence-corrected chi connectivity index (χ2v) is 5.76. The Labute approximate surface area is 95.6 Å². The van der Waals surface area contributed by atoms with E-state index in [1.807, 2.05) is 20.8 Å². The number of rotatable bonds is 1. The average Bonchev–Trinajstić information content (AvgIpc) is 2.15. The van der Waals surface area contributed by atoms with E-state index >= 15 is 0 Å². The van der Waals surface area contributed by atoms with Crippen LogP contribution in [0, 0.1) is 11.3 Å². The van der Waals surface area contributed by atoms with Crippen LogP contribution in [0.2, 0.25) is 0 Å². The van der Waals surface area contributed by atoms with Gasteiger partial charge in [-0.1, -0.05) is 20.8 Å². The highest BCUT2D eigenvalue weighted by molar-refractivity contribution is 5.98. The Morgan fingerprint density at radius 3 is 2.12 bits per heavy atom. The van der Waals surface area contributed by atoms with Crippen molar-refractivity contribution in [2.75, 3.05) is 0 Å². The largest absolute Gasteiger partial charge is 0.392 e. The minimum atomic E-state index is -0.405. The van der Waals surface area contributed by atoms with Gasteiger partial charge in [-0.05, 0) is 12.3 Å². The van der Waals surface area contributed by atoms with Gasteiger partial charge in [0, 0.05) is 24.3 Å². The predicted molar refractivity (Wildman–Crippen MR) is 58.4 cm³/mol. The highest BCUT2D eigenvalue weighted by Gasteiger charge is 2.53. The number of piperidine rings is 1. The van der Waals surface area contributed by atoms with Crippen molar-refractivity contribution in [3.63, 3.8) is 0 Å². The lowest BCUT2D eigenvalue weighted by atomic mass is 9.63. The Kier molecular flexibility index (Phi) is 2.57. The summed E-state index contributed by atoms with van der Waals surface area (Å²) in [5, 5.41) is 9.65. The number of aliphatic hydroxyl groups is 1. The summed E-state index contributed by atoms with van der Waals surface area (Å²) in [4.78, 5) is 25.1. The monoisotopic (exact) mass is 225 g/mol. The minimum absolute atomic E-state index is 0.0753. The molecule has 90 valence electrons. The van der Waals surface area contributed by atoms with Crippen molar-refractivity contribution < 1.29 is 14.7 Å². The molecule has 1 saturated heterocycles. The molecule has 2 rings (SSSR count). The topological polar surface area (TPSA) is 57.6 Å². The second kappa shape index (κ2) is 3.55. The Bertz CT molecular complexity index is 319. The van der Waals surface area contributed by atoms with Gasteiger partial charge in [0.1, 0.15) is 0 Å². The Morgan fingerprint density at radius 1 is 1.25 bits per heavy atom. The van der Waals surface area contributed by atoms with Crippen LogP contribution in [0.5, 0.6) is 0 Å². The standard InChI is InChI=1S/C12H19NO3/c1-7-4-10(15)13(11(16)5-7)8-6-9(14)12(8,2)3/h7-9,14H,4-6H2,1-3H3. The zero-order chi connectivity index (χ0) is 12.1. The maximum Gasteiger partial charge on any atom is 0.229 e.